The molecule has 2 aromatic heterocycles. The van der Waals surface area contributed by atoms with Gasteiger partial charge >= 0.3 is 0 Å². The summed E-state index contributed by atoms with van der Waals surface area (Å²) in [6.45, 7) is 1.60. The molecular weight excluding hydrogens is 496 g/mol. The van der Waals surface area contributed by atoms with Crippen molar-refractivity contribution >= 4 is 60.8 Å². The van der Waals surface area contributed by atoms with E-state index in [0.717, 1.165) is 41.1 Å². The van der Waals surface area contributed by atoms with Crippen molar-refractivity contribution < 1.29 is 16.1 Å². The Bertz CT molecular complexity index is 1430. The Hall–Kier alpha value is -3.15. The van der Waals surface area contributed by atoms with Gasteiger partial charge in [-0.1, -0.05) is 23.7 Å². The Morgan fingerprint density at radius 3 is 2.79 bits per heavy atom. The first-order chi connectivity index (χ1) is 16.4. The Kier molecular flexibility index (Phi) is 6.15. The molecule has 0 radical (unpaired) electrons. The Morgan fingerprint density at radius 2 is 2.03 bits per heavy atom. The maximum atomic E-state index is 12.7. The third kappa shape index (κ3) is 4.72. The third-order valence-corrected chi connectivity index (χ3v) is 8.07. The summed E-state index contributed by atoms with van der Waals surface area (Å²) in [7, 11) is -3.72. The van der Waals surface area contributed by atoms with Crippen LogP contribution < -0.4 is 14.9 Å². The van der Waals surface area contributed by atoms with Crippen LogP contribution in [0.2, 0.25) is 5.02 Å². The second-order valence-electron chi connectivity index (χ2n) is 7.97. The van der Waals surface area contributed by atoms with E-state index in [-0.39, 0.29) is 31.4 Å². The molecule has 0 spiro atoms. The molecule has 2 aromatic carbocycles. The van der Waals surface area contributed by atoms with Gasteiger partial charge in [-0.15, -0.1) is 0 Å². The van der Waals surface area contributed by atoms with Gasteiger partial charge in [0.15, 0.2) is 0 Å². The quantitative estimate of drug-likeness (QED) is 0.383. The normalized spacial score (nSPS) is 16.1. The first-order valence-corrected chi connectivity index (χ1v) is 13.2. The van der Waals surface area contributed by atoms with Crippen LogP contribution in [0.3, 0.4) is 0 Å². The molecule has 5 rings (SSSR count). The van der Waals surface area contributed by atoms with Crippen molar-refractivity contribution in [3.8, 4) is 0 Å². The Labute approximate surface area is 208 Å². The number of carbonyl (C=O) groups is 1. The summed E-state index contributed by atoms with van der Waals surface area (Å²) in [4.78, 5) is 18.8. The highest BCUT2D eigenvalue weighted by atomic mass is 35.5. The van der Waals surface area contributed by atoms with Crippen LogP contribution in [0.4, 0.5) is 10.8 Å². The zero-order valence-electron chi connectivity index (χ0n) is 17.9. The molecule has 0 saturated carbocycles. The number of nitrogens with zero attached hydrogens (tertiary/aromatic N) is 4. The summed E-state index contributed by atoms with van der Waals surface area (Å²) in [5.74, 6) is -0.0755. The second-order valence-corrected chi connectivity index (χ2v) is 10.8. The van der Waals surface area contributed by atoms with E-state index in [0.29, 0.717) is 11.6 Å². The fourth-order valence-electron chi connectivity index (χ4n) is 4.11. The maximum absolute atomic E-state index is 12.7. The van der Waals surface area contributed by atoms with E-state index in [1.54, 1.807) is 24.3 Å². The standard InChI is InChI=1S/C22H21ClN6O3S2.2H2/c23-19-3-1-2-15-8-10-29(21(15)19)13-20(30)26-16-9-11-28(12-16)17-4-6-18(7-5-17)34(31,32)27-22-24-14-25-33-22;;/h1-8,10,14,16H,9,11-13H2,(H,26,30)(H,24,25,27);2*1H/t16-;;/m0../s1. The molecule has 12 heteroatoms. The molecule has 1 amide bonds. The van der Waals surface area contributed by atoms with E-state index >= 15 is 0 Å². The molecule has 0 bridgehead atoms. The van der Waals surface area contributed by atoms with Crippen molar-refractivity contribution in [2.24, 2.45) is 0 Å². The van der Waals surface area contributed by atoms with Gasteiger partial charge in [-0.25, -0.2) is 13.4 Å². The van der Waals surface area contributed by atoms with E-state index in [1.165, 1.54) is 6.33 Å². The molecular formula is C22H25ClN6O3S2. The third-order valence-electron chi connectivity index (χ3n) is 5.70. The largest absolute Gasteiger partial charge is 0.369 e. The number of aromatic nitrogens is 3. The van der Waals surface area contributed by atoms with Gasteiger partial charge in [0, 0.05) is 50.8 Å². The molecule has 1 aliphatic rings. The summed E-state index contributed by atoms with van der Waals surface area (Å²) < 4.78 is 33.0. The molecule has 1 atom stereocenters. The Morgan fingerprint density at radius 1 is 1.21 bits per heavy atom. The van der Waals surface area contributed by atoms with Crippen LogP contribution >= 0.6 is 23.1 Å². The average Bonchev–Trinajstić information content (AvgIpc) is 3.56. The summed E-state index contributed by atoms with van der Waals surface area (Å²) in [6, 6.07) is 14.3. The van der Waals surface area contributed by atoms with E-state index in [4.69, 9.17) is 11.6 Å². The lowest BCUT2D eigenvalue weighted by atomic mass is 10.2. The summed E-state index contributed by atoms with van der Waals surface area (Å²) in [5.41, 5.74) is 1.75. The van der Waals surface area contributed by atoms with E-state index in [9.17, 15) is 13.2 Å². The molecule has 0 unspecified atom stereocenters. The highest BCUT2D eigenvalue weighted by Crippen LogP contribution is 2.25. The van der Waals surface area contributed by atoms with Gasteiger partial charge in [-0.2, -0.15) is 4.37 Å². The SMILES string of the molecule is O=C(Cn1ccc2cccc(Cl)c21)N[C@H]1CCN(c2ccc(S(=O)(=O)Nc3ncns3)cc2)C1.[HH].[HH]. The van der Waals surface area contributed by atoms with E-state index < -0.39 is 10.0 Å². The van der Waals surface area contributed by atoms with Crippen molar-refractivity contribution in [1.29, 1.82) is 0 Å². The van der Waals surface area contributed by atoms with Crippen LogP contribution in [0, 0.1) is 0 Å². The highest BCUT2D eigenvalue weighted by molar-refractivity contribution is 7.93. The van der Waals surface area contributed by atoms with Crippen LogP contribution in [-0.4, -0.2) is 47.4 Å². The highest BCUT2D eigenvalue weighted by Gasteiger charge is 2.25. The monoisotopic (exact) mass is 520 g/mol. The molecule has 34 heavy (non-hydrogen) atoms. The number of para-hydroxylation sites is 1. The van der Waals surface area contributed by atoms with E-state index in [1.807, 2.05) is 35.0 Å². The second kappa shape index (κ2) is 9.24. The number of nitrogens with one attached hydrogen (secondary N) is 2. The van der Waals surface area contributed by atoms with Crippen molar-refractivity contribution in [2.45, 2.75) is 23.9 Å². The average molecular weight is 521 g/mol. The Balaban J connectivity index is 0.00000180. The molecule has 9 nitrogen and oxygen atoms in total. The number of halogens is 1. The lowest BCUT2D eigenvalue weighted by Crippen LogP contribution is -2.38. The minimum atomic E-state index is -3.72. The molecule has 2 N–H and O–H groups in total. The number of amides is 1. The van der Waals surface area contributed by atoms with Crippen LogP contribution in [0.5, 0.6) is 0 Å². The number of hydrogen-bond acceptors (Lipinski definition) is 7. The van der Waals surface area contributed by atoms with Crippen molar-refractivity contribution in [3.05, 3.63) is 66.1 Å². The molecule has 0 aliphatic carbocycles. The maximum Gasteiger partial charge on any atom is 0.263 e. The number of hydrogen-bond donors (Lipinski definition) is 2. The van der Waals surface area contributed by atoms with Gasteiger partial charge in [0.2, 0.25) is 11.0 Å². The fraction of sp³-hybridized carbons (Fsp3) is 0.227. The first-order valence-electron chi connectivity index (χ1n) is 10.6. The first kappa shape index (κ1) is 22.6. The van der Waals surface area contributed by atoms with Gasteiger partial charge in [0.1, 0.15) is 12.9 Å². The number of sulfonamides is 1. The summed E-state index contributed by atoms with van der Waals surface area (Å²) in [6.07, 6.45) is 3.97. The lowest BCUT2D eigenvalue weighted by Gasteiger charge is -2.19. The number of fused-ring (bicyclic) bond motifs is 1. The minimum Gasteiger partial charge on any atom is -0.369 e. The van der Waals surface area contributed by atoms with Crippen LogP contribution in [-0.2, 0) is 21.4 Å². The fourth-order valence-corrected chi connectivity index (χ4v) is 6.07. The van der Waals surface area contributed by atoms with Gasteiger partial charge < -0.3 is 14.8 Å². The van der Waals surface area contributed by atoms with Crippen molar-refractivity contribution in [2.75, 3.05) is 22.7 Å². The van der Waals surface area contributed by atoms with Crippen LogP contribution in [0.15, 0.2) is 66.0 Å². The van der Waals surface area contributed by atoms with Gasteiger partial charge in [0.05, 0.1) is 15.4 Å². The summed E-state index contributed by atoms with van der Waals surface area (Å²) >= 11 is 7.29. The predicted octanol–water partition coefficient (Wildman–Crippen LogP) is 3.83. The minimum absolute atomic E-state index is 0. The molecule has 1 saturated heterocycles. The van der Waals surface area contributed by atoms with Crippen molar-refractivity contribution in [3.63, 3.8) is 0 Å². The van der Waals surface area contributed by atoms with Gasteiger partial charge in [-0.3, -0.25) is 9.52 Å². The zero-order valence-corrected chi connectivity index (χ0v) is 20.3. The zero-order chi connectivity index (χ0) is 23.7. The predicted molar refractivity (Wildman–Crippen MR) is 137 cm³/mol. The molecule has 180 valence electrons. The summed E-state index contributed by atoms with van der Waals surface area (Å²) in [5, 5.41) is 4.93. The number of benzene rings is 2. The lowest BCUT2D eigenvalue weighted by molar-refractivity contribution is -0.122. The van der Waals surface area contributed by atoms with Crippen molar-refractivity contribution in [1.82, 2.24) is 19.2 Å². The molecule has 3 heterocycles. The number of carbonyl (C=O) groups excluding carboxylic acids is 1. The van der Waals surface area contributed by atoms with Gasteiger partial charge in [-0.05, 0) is 42.8 Å². The topological polar surface area (TPSA) is 109 Å². The number of rotatable bonds is 7. The molecule has 1 aliphatic heterocycles. The van der Waals surface area contributed by atoms with Crippen LogP contribution in [0.1, 0.15) is 9.27 Å². The number of anilines is 2. The van der Waals surface area contributed by atoms with Gasteiger partial charge in [0.25, 0.3) is 10.0 Å². The molecule has 1 fully saturated rings. The van der Waals surface area contributed by atoms with E-state index in [2.05, 4.69) is 24.3 Å². The molecule has 4 aromatic rings. The smallest absolute Gasteiger partial charge is 0.263 e. The van der Waals surface area contributed by atoms with Crippen LogP contribution in [0.25, 0.3) is 10.9 Å².